The van der Waals surface area contributed by atoms with Crippen molar-refractivity contribution in [3.63, 3.8) is 0 Å². The summed E-state index contributed by atoms with van der Waals surface area (Å²) in [5.41, 5.74) is 4.33. The summed E-state index contributed by atoms with van der Waals surface area (Å²) in [7, 11) is 0. The van der Waals surface area contributed by atoms with Gasteiger partial charge in [-0.15, -0.1) is 0 Å². The van der Waals surface area contributed by atoms with E-state index in [0.29, 0.717) is 46.2 Å². The maximum Gasteiger partial charge on any atom is 0.471 e. The topological polar surface area (TPSA) is 120 Å². The van der Waals surface area contributed by atoms with Gasteiger partial charge in [0.1, 0.15) is 17.8 Å². The van der Waals surface area contributed by atoms with Crippen molar-refractivity contribution in [2.75, 3.05) is 66.0 Å². The van der Waals surface area contributed by atoms with Crippen LogP contribution in [0.1, 0.15) is 20.8 Å². The molecule has 10 nitrogen and oxygen atoms in total. The standard InChI is InChI=1S/C20H35F3N2O8/c1-18(2)32-15-14(25-17(26)20(21,22)23)12-31-19(3,16(15)33-18)13-30-11-10-29-9-8-28-7-6-27-5-4-24/h14-16H,4-13,24H2,1-3H3,(H,25,26)/t14-,15+,16+,19+/m0/s1. The third-order valence-corrected chi connectivity index (χ3v) is 5.06. The van der Waals surface area contributed by atoms with Gasteiger partial charge in [-0.2, -0.15) is 13.2 Å². The Bertz CT molecular complexity index is 610. The number of carbonyl (C=O) groups is 1. The Balaban J connectivity index is 1.72. The first-order chi connectivity index (χ1) is 15.5. The summed E-state index contributed by atoms with van der Waals surface area (Å²) in [5.74, 6) is -3.10. The second-order valence-corrected chi connectivity index (χ2v) is 8.40. The van der Waals surface area contributed by atoms with E-state index in [2.05, 4.69) is 0 Å². The minimum Gasteiger partial charge on any atom is -0.378 e. The molecule has 0 spiro atoms. The summed E-state index contributed by atoms with van der Waals surface area (Å²) in [5, 5.41) is 1.94. The van der Waals surface area contributed by atoms with E-state index in [1.807, 2.05) is 5.32 Å². The highest BCUT2D eigenvalue weighted by atomic mass is 19.4. The van der Waals surface area contributed by atoms with Crippen molar-refractivity contribution in [3.05, 3.63) is 0 Å². The number of alkyl halides is 3. The molecule has 1 amide bonds. The van der Waals surface area contributed by atoms with Gasteiger partial charge in [-0.05, 0) is 20.8 Å². The number of hydrogen-bond donors (Lipinski definition) is 2. The third kappa shape index (κ3) is 8.91. The fraction of sp³-hybridized carbons (Fsp3) is 0.950. The van der Waals surface area contributed by atoms with Crippen LogP contribution >= 0.6 is 0 Å². The molecule has 0 unspecified atom stereocenters. The van der Waals surface area contributed by atoms with Gasteiger partial charge in [0, 0.05) is 6.54 Å². The molecule has 0 bridgehead atoms. The second kappa shape index (κ2) is 12.6. The number of nitrogens with one attached hydrogen (secondary N) is 1. The van der Waals surface area contributed by atoms with Gasteiger partial charge in [0.2, 0.25) is 0 Å². The Morgan fingerprint density at radius 2 is 1.52 bits per heavy atom. The highest BCUT2D eigenvalue weighted by molar-refractivity contribution is 5.82. The number of rotatable bonds is 14. The smallest absolute Gasteiger partial charge is 0.378 e. The molecule has 2 aliphatic heterocycles. The molecule has 2 rings (SSSR count). The zero-order valence-electron chi connectivity index (χ0n) is 19.3. The summed E-state index contributed by atoms with van der Waals surface area (Å²) in [6.07, 6.45) is -6.57. The van der Waals surface area contributed by atoms with E-state index in [9.17, 15) is 18.0 Å². The fourth-order valence-electron chi connectivity index (χ4n) is 3.53. The molecular formula is C20H35F3N2O8. The molecule has 0 aromatic heterocycles. The Morgan fingerprint density at radius 3 is 2.06 bits per heavy atom. The lowest BCUT2D eigenvalue weighted by Gasteiger charge is -2.44. The number of ether oxygens (including phenoxy) is 7. The zero-order chi connectivity index (χ0) is 24.5. The van der Waals surface area contributed by atoms with Crippen LogP contribution in [0.5, 0.6) is 0 Å². The van der Waals surface area contributed by atoms with E-state index in [1.54, 1.807) is 20.8 Å². The van der Waals surface area contributed by atoms with Crippen molar-refractivity contribution in [2.45, 2.75) is 56.6 Å². The van der Waals surface area contributed by atoms with Crippen molar-refractivity contribution in [1.29, 1.82) is 0 Å². The van der Waals surface area contributed by atoms with Crippen LogP contribution in [0.4, 0.5) is 13.2 Å². The molecule has 13 heteroatoms. The first-order valence-corrected chi connectivity index (χ1v) is 10.9. The van der Waals surface area contributed by atoms with Crippen LogP contribution in [-0.4, -0.2) is 108 Å². The molecular weight excluding hydrogens is 453 g/mol. The maximum atomic E-state index is 12.7. The van der Waals surface area contributed by atoms with Gasteiger partial charge in [0.05, 0.1) is 65.5 Å². The van der Waals surface area contributed by atoms with Crippen LogP contribution < -0.4 is 11.1 Å². The molecule has 0 aromatic carbocycles. The normalized spacial score (nSPS) is 29.1. The third-order valence-electron chi connectivity index (χ3n) is 5.06. The molecule has 0 aliphatic carbocycles. The van der Waals surface area contributed by atoms with Crippen LogP contribution in [0.25, 0.3) is 0 Å². The number of fused-ring (bicyclic) bond motifs is 1. The second-order valence-electron chi connectivity index (χ2n) is 8.40. The van der Waals surface area contributed by atoms with E-state index in [1.165, 1.54) is 0 Å². The first kappa shape index (κ1) is 28.2. The van der Waals surface area contributed by atoms with Crippen molar-refractivity contribution in [1.82, 2.24) is 5.32 Å². The average molecular weight is 489 g/mol. The zero-order valence-corrected chi connectivity index (χ0v) is 19.3. The minimum atomic E-state index is -5.00. The van der Waals surface area contributed by atoms with Crippen LogP contribution in [0.2, 0.25) is 0 Å². The van der Waals surface area contributed by atoms with Crippen molar-refractivity contribution in [2.24, 2.45) is 5.73 Å². The summed E-state index contributed by atoms with van der Waals surface area (Å²) in [4.78, 5) is 11.4. The van der Waals surface area contributed by atoms with E-state index >= 15 is 0 Å². The first-order valence-electron chi connectivity index (χ1n) is 10.9. The van der Waals surface area contributed by atoms with Crippen molar-refractivity contribution in [3.8, 4) is 0 Å². The van der Waals surface area contributed by atoms with E-state index in [4.69, 9.17) is 38.9 Å². The quantitative estimate of drug-likeness (QED) is 0.334. The molecule has 33 heavy (non-hydrogen) atoms. The Morgan fingerprint density at radius 1 is 0.970 bits per heavy atom. The highest BCUT2D eigenvalue weighted by Crippen LogP contribution is 2.40. The summed E-state index contributed by atoms with van der Waals surface area (Å²) in [6.45, 7) is 8.27. The molecule has 2 aliphatic rings. The number of hydrogen-bond acceptors (Lipinski definition) is 9. The van der Waals surface area contributed by atoms with Gasteiger partial charge >= 0.3 is 12.1 Å². The number of halogens is 3. The van der Waals surface area contributed by atoms with Crippen LogP contribution in [-0.2, 0) is 38.0 Å². The SMILES string of the molecule is CC1(C)O[C@@H]2[C@@H](NC(=O)C(F)(F)F)CO[C@](C)(COCCOCCOCCOCCN)[C@@H]2O1. The van der Waals surface area contributed by atoms with Crippen LogP contribution in [0, 0.1) is 0 Å². The lowest BCUT2D eigenvalue weighted by Crippen LogP contribution is -2.65. The molecule has 194 valence electrons. The summed E-state index contributed by atoms with van der Waals surface area (Å²) >= 11 is 0. The fourth-order valence-corrected chi connectivity index (χ4v) is 3.53. The molecule has 2 heterocycles. The largest absolute Gasteiger partial charge is 0.471 e. The van der Waals surface area contributed by atoms with Gasteiger partial charge in [0.15, 0.2) is 5.79 Å². The molecule has 2 fully saturated rings. The van der Waals surface area contributed by atoms with E-state index in [0.717, 1.165) is 0 Å². The predicted octanol–water partition coefficient (Wildman–Crippen LogP) is 0.368. The van der Waals surface area contributed by atoms with Gasteiger partial charge in [-0.3, -0.25) is 4.79 Å². The molecule has 0 aromatic rings. The summed E-state index contributed by atoms with van der Waals surface area (Å²) < 4.78 is 77.2. The minimum absolute atomic E-state index is 0.103. The van der Waals surface area contributed by atoms with Gasteiger partial charge < -0.3 is 44.2 Å². The number of carbonyl (C=O) groups excluding carboxylic acids is 1. The van der Waals surface area contributed by atoms with Crippen LogP contribution in [0.15, 0.2) is 0 Å². The van der Waals surface area contributed by atoms with E-state index in [-0.39, 0.29) is 19.8 Å². The van der Waals surface area contributed by atoms with Gasteiger partial charge in [-0.1, -0.05) is 0 Å². The lowest BCUT2D eigenvalue weighted by molar-refractivity contribution is -0.205. The Kier molecular flexibility index (Phi) is 10.7. The summed E-state index contributed by atoms with van der Waals surface area (Å²) in [6, 6.07) is -1.01. The molecule has 4 atom stereocenters. The monoisotopic (exact) mass is 488 g/mol. The van der Waals surface area contributed by atoms with E-state index < -0.39 is 41.7 Å². The number of amides is 1. The molecule has 0 radical (unpaired) electrons. The van der Waals surface area contributed by atoms with Crippen LogP contribution in [0.3, 0.4) is 0 Å². The number of nitrogens with two attached hydrogens (primary N) is 1. The van der Waals surface area contributed by atoms with Crippen molar-refractivity contribution >= 4 is 5.91 Å². The Hall–Kier alpha value is -1.06. The maximum absolute atomic E-state index is 12.7. The van der Waals surface area contributed by atoms with Gasteiger partial charge in [0.25, 0.3) is 0 Å². The van der Waals surface area contributed by atoms with Crippen molar-refractivity contribution < 1.29 is 51.1 Å². The average Bonchev–Trinajstić information content (AvgIpc) is 3.07. The predicted molar refractivity (Wildman–Crippen MR) is 108 cm³/mol. The molecule has 3 N–H and O–H groups in total. The molecule has 0 saturated carbocycles. The van der Waals surface area contributed by atoms with Gasteiger partial charge in [-0.25, -0.2) is 0 Å². The Labute approximate surface area is 191 Å². The highest BCUT2D eigenvalue weighted by Gasteiger charge is 2.58. The lowest BCUT2D eigenvalue weighted by atomic mass is 9.88. The molecule has 2 saturated heterocycles.